The Bertz CT molecular complexity index is 832. The molecule has 144 valence electrons. The molecule has 2 fully saturated rings. The maximum absolute atomic E-state index is 12.9. The van der Waals surface area contributed by atoms with Crippen molar-refractivity contribution in [1.29, 1.82) is 0 Å². The molecule has 1 saturated carbocycles. The van der Waals surface area contributed by atoms with Crippen molar-refractivity contribution in [2.24, 2.45) is 0 Å². The first kappa shape index (κ1) is 17.8. The number of halogens is 3. The first-order valence-electron chi connectivity index (χ1n) is 8.95. The van der Waals surface area contributed by atoms with E-state index in [2.05, 4.69) is 15.5 Å². The number of alkyl halides is 3. The number of nitrogens with zero attached hydrogens (tertiary/aromatic N) is 3. The molecule has 6 nitrogen and oxygen atoms in total. The topological polar surface area (TPSA) is 71.3 Å². The van der Waals surface area contributed by atoms with Crippen molar-refractivity contribution in [3.05, 3.63) is 41.3 Å². The summed E-state index contributed by atoms with van der Waals surface area (Å²) in [6.07, 6.45) is -0.974. The Hall–Kier alpha value is -2.58. The predicted molar refractivity (Wildman–Crippen MR) is 89.8 cm³/mol. The van der Waals surface area contributed by atoms with Crippen molar-refractivity contribution in [3.63, 3.8) is 0 Å². The Morgan fingerprint density at radius 2 is 2.04 bits per heavy atom. The molecule has 1 atom stereocenters. The normalized spacial score (nSPS) is 20.8. The van der Waals surface area contributed by atoms with Crippen molar-refractivity contribution in [1.82, 2.24) is 15.1 Å². The van der Waals surface area contributed by atoms with Gasteiger partial charge >= 0.3 is 12.2 Å². The Labute approximate surface area is 153 Å². The molecule has 9 heteroatoms. The third-order valence-corrected chi connectivity index (χ3v) is 4.82. The smallest absolute Gasteiger partial charge is 0.408 e. The average molecular weight is 380 g/mol. The number of aromatic nitrogens is 2. The molecule has 1 aliphatic heterocycles. The Kier molecular flexibility index (Phi) is 4.53. The minimum absolute atomic E-state index is 0.137. The van der Waals surface area contributed by atoms with E-state index in [1.165, 1.54) is 6.07 Å². The van der Waals surface area contributed by atoms with Gasteiger partial charge in [-0.05, 0) is 43.4 Å². The van der Waals surface area contributed by atoms with Crippen molar-refractivity contribution in [2.75, 3.05) is 11.9 Å². The van der Waals surface area contributed by atoms with Crippen molar-refractivity contribution in [3.8, 4) is 0 Å². The molecule has 27 heavy (non-hydrogen) atoms. The SMILES string of the molecule is O=C1C(Nc2nnc(C3CC3)o2)CCCN1Cc1cccc(C(F)(F)F)c1. The van der Waals surface area contributed by atoms with Crippen molar-refractivity contribution in [2.45, 2.75) is 50.4 Å². The quantitative estimate of drug-likeness (QED) is 0.859. The summed E-state index contributed by atoms with van der Waals surface area (Å²) in [5, 5.41) is 10.9. The fourth-order valence-electron chi connectivity index (χ4n) is 3.23. The first-order valence-corrected chi connectivity index (χ1v) is 8.95. The summed E-state index contributed by atoms with van der Waals surface area (Å²) in [6, 6.07) is 4.77. The number of hydrogen-bond donors (Lipinski definition) is 1. The second kappa shape index (κ2) is 6.86. The van der Waals surface area contributed by atoms with E-state index in [1.54, 1.807) is 11.0 Å². The van der Waals surface area contributed by atoms with E-state index >= 15 is 0 Å². The third-order valence-electron chi connectivity index (χ3n) is 4.82. The van der Waals surface area contributed by atoms with Crippen LogP contribution < -0.4 is 5.32 Å². The molecule has 1 N–H and O–H groups in total. The summed E-state index contributed by atoms with van der Waals surface area (Å²) in [6.45, 7) is 0.641. The highest BCUT2D eigenvalue weighted by Crippen LogP contribution is 2.39. The molecule has 0 radical (unpaired) electrons. The molecule has 1 aromatic carbocycles. The van der Waals surface area contributed by atoms with Crippen molar-refractivity contribution >= 4 is 11.9 Å². The molecule has 1 amide bonds. The van der Waals surface area contributed by atoms with Crippen LogP contribution in [0.5, 0.6) is 0 Å². The fraction of sp³-hybridized carbons (Fsp3) is 0.500. The van der Waals surface area contributed by atoms with E-state index in [-0.39, 0.29) is 18.5 Å². The zero-order valence-corrected chi connectivity index (χ0v) is 14.5. The fourth-order valence-corrected chi connectivity index (χ4v) is 3.23. The highest BCUT2D eigenvalue weighted by Gasteiger charge is 2.33. The molecule has 1 aliphatic carbocycles. The second-order valence-corrected chi connectivity index (χ2v) is 7.02. The summed E-state index contributed by atoms with van der Waals surface area (Å²) >= 11 is 0. The van der Waals surface area contributed by atoms with E-state index < -0.39 is 17.8 Å². The number of carbonyl (C=O) groups is 1. The molecule has 2 aromatic rings. The van der Waals surface area contributed by atoms with Crippen LogP contribution in [-0.2, 0) is 17.5 Å². The minimum Gasteiger partial charge on any atom is -0.408 e. The van der Waals surface area contributed by atoms with E-state index in [1.807, 2.05) is 0 Å². The van der Waals surface area contributed by atoms with Gasteiger partial charge in [-0.25, -0.2) is 0 Å². The van der Waals surface area contributed by atoms with Gasteiger partial charge in [0.1, 0.15) is 6.04 Å². The molecule has 1 unspecified atom stereocenters. The highest BCUT2D eigenvalue weighted by atomic mass is 19.4. The predicted octanol–water partition coefficient (Wildman–Crippen LogP) is 3.57. The molecule has 0 bridgehead atoms. The summed E-state index contributed by atoms with van der Waals surface area (Å²) in [4.78, 5) is 14.3. The van der Waals surface area contributed by atoms with Gasteiger partial charge in [0.05, 0.1) is 5.56 Å². The maximum atomic E-state index is 12.9. The lowest BCUT2D eigenvalue weighted by Crippen LogP contribution is -2.47. The largest absolute Gasteiger partial charge is 0.416 e. The Balaban J connectivity index is 1.42. The number of piperidine rings is 1. The van der Waals surface area contributed by atoms with Gasteiger partial charge in [0, 0.05) is 19.0 Å². The Morgan fingerprint density at radius 1 is 1.22 bits per heavy atom. The van der Waals surface area contributed by atoms with Crippen LogP contribution in [0.4, 0.5) is 19.2 Å². The first-order chi connectivity index (χ1) is 12.9. The lowest BCUT2D eigenvalue weighted by molar-refractivity contribution is -0.137. The van der Waals surface area contributed by atoms with Gasteiger partial charge in [-0.2, -0.15) is 13.2 Å². The van der Waals surface area contributed by atoms with Crippen LogP contribution in [0.15, 0.2) is 28.7 Å². The van der Waals surface area contributed by atoms with Gasteiger partial charge in [-0.3, -0.25) is 4.79 Å². The molecule has 4 rings (SSSR count). The van der Waals surface area contributed by atoms with Gasteiger partial charge in [0.2, 0.25) is 11.8 Å². The second-order valence-electron chi connectivity index (χ2n) is 7.02. The van der Waals surface area contributed by atoms with Crippen LogP contribution in [-0.4, -0.2) is 33.6 Å². The number of benzene rings is 1. The van der Waals surface area contributed by atoms with E-state index in [0.717, 1.165) is 31.4 Å². The van der Waals surface area contributed by atoms with Crippen LogP contribution in [0.25, 0.3) is 0 Å². The molecule has 1 aromatic heterocycles. The van der Waals surface area contributed by atoms with Crippen LogP contribution in [0.1, 0.15) is 48.6 Å². The van der Waals surface area contributed by atoms with Gasteiger partial charge in [-0.1, -0.05) is 17.2 Å². The summed E-state index contributed by atoms with van der Waals surface area (Å²) in [7, 11) is 0. The number of nitrogens with one attached hydrogen (secondary N) is 1. The van der Waals surface area contributed by atoms with E-state index in [4.69, 9.17) is 4.42 Å². The van der Waals surface area contributed by atoms with Gasteiger partial charge in [0.25, 0.3) is 0 Å². The zero-order valence-electron chi connectivity index (χ0n) is 14.5. The molecule has 2 heterocycles. The van der Waals surface area contributed by atoms with Gasteiger partial charge < -0.3 is 14.6 Å². The van der Waals surface area contributed by atoms with Crippen LogP contribution in [0.3, 0.4) is 0 Å². The van der Waals surface area contributed by atoms with E-state index in [9.17, 15) is 18.0 Å². The van der Waals surface area contributed by atoms with Crippen LogP contribution in [0, 0.1) is 0 Å². The lowest BCUT2D eigenvalue weighted by atomic mass is 10.0. The van der Waals surface area contributed by atoms with Gasteiger partial charge in [0.15, 0.2) is 0 Å². The summed E-state index contributed by atoms with van der Waals surface area (Å²) in [5.41, 5.74) is -0.259. The molecule has 0 spiro atoms. The minimum atomic E-state index is -4.40. The number of hydrogen-bond acceptors (Lipinski definition) is 5. The standard InChI is InChI=1S/C18H19F3N4O2/c19-18(20,21)13-4-1-3-11(9-13)10-25-8-2-5-14(16(25)26)22-17-24-23-15(27-17)12-6-7-12/h1,3-4,9,12,14H,2,5-8,10H2,(H,22,24). The number of likely N-dealkylation sites (tertiary alicyclic amines) is 1. The molecule has 2 aliphatic rings. The Morgan fingerprint density at radius 3 is 2.78 bits per heavy atom. The number of carbonyl (C=O) groups excluding carboxylic acids is 1. The van der Waals surface area contributed by atoms with Crippen molar-refractivity contribution < 1.29 is 22.4 Å². The maximum Gasteiger partial charge on any atom is 0.416 e. The van der Waals surface area contributed by atoms with E-state index in [0.29, 0.717) is 30.3 Å². The van der Waals surface area contributed by atoms with Gasteiger partial charge in [-0.15, -0.1) is 5.10 Å². The lowest BCUT2D eigenvalue weighted by Gasteiger charge is -2.32. The molecule has 1 saturated heterocycles. The third kappa shape index (κ3) is 4.06. The summed E-state index contributed by atoms with van der Waals surface area (Å²) < 4.78 is 44.2. The summed E-state index contributed by atoms with van der Waals surface area (Å²) in [5.74, 6) is 0.735. The monoisotopic (exact) mass is 380 g/mol. The number of anilines is 1. The van der Waals surface area contributed by atoms with Crippen LogP contribution in [0.2, 0.25) is 0 Å². The average Bonchev–Trinajstić information content (AvgIpc) is 3.37. The molecular formula is C18H19F3N4O2. The number of rotatable bonds is 5. The number of amides is 1. The zero-order chi connectivity index (χ0) is 19.0. The van der Waals surface area contributed by atoms with Crippen LogP contribution >= 0.6 is 0 Å². The molecular weight excluding hydrogens is 361 g/mol. The highest BCUT2D eigenvalue weighted by molar-refractivity contribution is 5.84.